The Labute approximate surface area is 156 Å². The average Bonchev–Trinajstić information content (AvgIpc) is 2.63. The van der Waals surface area contributed by atoms with E-state index in [0.717, 1.165) is 11.3 Å². The first-order chi connectivity index (χ1) is 12.0. The number of nitrogens with zero attached hydrogens (tertiary/aromatic N) is 2. The Bertz CT molecular complexity index is 746. The summed E-state index contributed by atoms with van der Waals surface area (Å²) in [4.78, 5) is 16.2. The van der Waals surface area contributed by atoms with E-state index in [1.165, 1.54) is 12.1 Å². The Morgan fingerprint density at radius 3 is 2.40 bits per heavy atom. The summed E-state index contributed by atoms with van der Waals surface area (Å²) in [7, 11) is 0. The molecule has 0 unspecified atom stereocenters. The summed E-state index contributed by atoms with van der Waals surface area (Å²) in [6.45, 7) is 2.93. The number of hydrogen-bond donors (Lipinski definition) is 1. The van der Waals surface area contributed by atoms with Crippen LogP contribution in [0.5, 0.6) is 0 Å². The average molecular weight is 382 g/mol. The van der Waals surface area contributed by atoms with Gasteiger partial charge in [0.15, 0.2) is 0 Å². The van der Waals surface area contributed by atoms with Crippen LogP contribution in [0, 0.1) is 5.82 Å². The van der Waals surface area contributed by atoms with Crippen LogP contribution in [0.3, 0.4) is 0 Å². The number of rotatable bonds is 3. The van der Waals surface area contributed by atoms with E-state index >= 15 is 0 Å². The number of urea groups is 1. The molecule has 25 heavy (non-hydrogen) atoms. The molecule has 0 bridgehead atoms. The van der Waals surface area contributed by atoms with Crippen LogP contribution in [0.25, 0.3) is 0 Å². The first-order valence-corrected chi connectivity index (χ1v) is 8.76. The molecule has 1 heterocycles. The minimum absolute atomic E-state index is 0.124. The van der Waals surface area contributed by atoms with E-state index in [0.29, 0.717) is 42.8 Å². The van der Waals surface area contributed by atoms with Crippen molar-refractivity contribution in [3.8, 4) is 0 Å². The van der Waals surface area contributed by atoms with Gasteiger partial charge in [0.25, 0.3) is 0 Å². The van der Waals surface area contributed by atoms with Crippen LogP contribution < -0.4 is 10.2 Å². The molecule has 1 aliphatic heterocycles. The molecular formula is C18H18Cl2FN3O. The third kappa shape index (κ3) is 4.55. The first-order valence-electron chi connectivity index (χ1n) is 8.00. The zero-order valence-corrected chi connectivity index (χ0v) is 15.0. The van der Waals surface area contributed by atoms with E-state index in [1.54, 1.807) is 29.2 Å². The molecule has 1 fully saturated rings. The van der Waals surface area contributed by atoms with E-state index in [-0.39, 0.29) is 11.8 Å². The number of halogens is 3. The van der Waals surface area contributed by atoms with Crippen molar-refractivity contribution >= 4 is 34.9 Å². The van der Waals surface area contributed by atoms with Gasteiger partial charge in [-0.05, 0) is 35.9 Å². The molecule has 2 aromatic rings. The van der Waals surface area contributed by atoms with Crippen molar-refractivity contribution in [3.63, 3.8) is 0 Å². The highest BCUT2D eigenvalue weighted by Gasteiger charge is 2.22. The van der Waals surface area contributed by atoms with Crippen LogP contribution in [0.2, 0.25) is 10.0 Å². The quantitative estimate of drug-likeness (QED) is 0.865. The van der Waals surface area contributed by atoms with Crippen molar-refractivity contribution in [2.45, 2.75) is 6.54 Å². The van der Waals surface area contributed by atoms with Crippen molar-refractivity contribution < 1.29 is 9.18 Å². The fraction of sp³-hybridized carbons (Fsp3) is 0.278. The summed E-state index contributed by atoms with van der Waals surface area (Å²) >= 11 is 12.3. The lowest BCUT2D eigenvalue weighted by molar-refractivity contribution is 0.194. The molecule has 4 nitrogen and oxygen atoms in total. The minimum atomic E-state index is -0.286. The van der Waals surface area contributed by atoms with Crippen molar-refractivity contribution in [2.75, 3.05) is 31.1 Å². The molecule has 0 saturated carbocycles. The third-order valence-electron chi connectivity index (χ3n) is 4.17. The zero-order chi connectivity index (χ0) is 17.8. The summed E-state index contributed by atoms with van der Waals surface area (Å²) in [5.74, 6) is -0.286. The number of hydrogen-bond acceptors (Lipinski definition) is 2. The number of carbonyl (C=O) groups excluding carboxylic acids is 1. The molecule has 0 radical (unpaired) electrons. The standard InChI is InChI=1S/C18H18Cl2FN3O/c19-14-3-6-16(20)17(11-14)23-7-9-24(10-8-23)18(25)22-12-13-1-4-15(21)5-2-13/h1-6,11H,7-10,12H2,(H,22,25). The van der Waals surface area contributed by atoms with Gasteiger partial charge in [0.05, 0.1) is 10.7 Å². The van der Waals surface area contributed by atoms with Crippen LogP contribution in [0.15, 0.2) is 42.5 Å². The summed E-state index contributed by atoms with van der Waals surface area (Å²) in [6, 6.07) is 11.3. The highest BCUT2D eigenvalue weighted by Crippen LogP contribution is 2.29. The van der Waals surface area contributed by atoms with Gasteiger partial charge in [-0.3, -0.25) is 0 Å². The SMILES string of the molecule is O=C(NCc1ccc(F)cc1)N1CCN(c2cc(Cl)ccc2Cl)CC1. The monoisotopic (exact) mass is 381 g/mol. The van der Waals surface area contributed by atoms with Crippen LogP contribution in [-0.4, -0.2) is 37.1 Å². The van der Waals surface area contributed by atoms with Gasteiger partial charge in [-0.15, -0.1) is 0 Å². The Morgan fingerprint density at radius 1 is 1.04 bits per heavy atom. The van der Waals surface area contributed by atoms with E-state index in [9.17, 15) is 9.18 Å². The van der Waals surface area contributed by atoms with E-state index < -0.39 is 0 Å². The van der Waals surface area contributed by atoms with Gasteiger partial charge in [0, 0.05) is 37.7 Å². The molecule has 2 amide bonds. The summed E-state index contributed by atoms with van der Waals surface area (Å²) in [5, 5.41) is 4.15. The number of benzene rings is 2. The zero-order valence-electron chi connectivity index (χ0n) is 13.5. The van der Waals surface area contributed by atoms with Crippen LogP contribution in [0.1, 0.15) is 5.56 Å². The number of nitrogens with one attached hydrogen (secondary N) is 1. The van der Waals surface area contributed by atoms with Crippen LogP contribution in [0.4, 0.5) is 14.9 Å². The second kappa shape index (κ2) is 7.93. The third-order valence-corrected chi connectivity index (χ3v) is 4.73. The van der Waals surface area contributed by atoms with Crippen LogP contribution >= 0.6 is 23.2 Å². The second-order valence-corrected chi connectivity index (χ2v) is 6.70. The Kier molecular flexibility index (Phi) is 5.66. The van der Waals surface area contributed by atoms with Gasteiger partial charge >= 0.3 is 6.03 Å². The molecule has 1 N–H and O–H groups in total. The van der Waals surface area contributed by atoms with E-state index in [2.05, 4.69) is 10.2 Å². The highest BCUT2D eigenvalue weighted by atomic mass is 35.5. The maximum Gasteiger partial charge on any atom is 0.317 e. The fourth-order valence-electron chi connectivity index (χ4n) is 2.77. The maximum absolute atomic E-state index is 12.9. The normalized spacial score (nSPS) is 14.5. The van der Waals surface area contributed by atoms with Gasteiger partial charge in [-0.25, -0.2) is 9.18 Å². The Balaban J connectivity index is 1.52. The fourth-order valence-corrected chi connectivity index (χ4v) is 3.17. The molecule has 0 atom stereocenters. The predicted octanol–water partition coefficient (Wildman–Crippen LogP) is 4.16. The maximum atomic E-state index is 12.9. The molecule has 132 valence electrons. The Morgan fingerprint density at radius 2 is 1.72 bits per heavy atom. The topological polar surface area (TPSA) is 35.6 Å². The molecule has 1 aliphatic rings. The van der Waals surface area contributed by atoms with Crippen molar-refractivity contribution in [3.05, 3.63) is 63.9 Å². The smallest absolute Gasteiger partial charge is 0.317 e. The van der Waals surface area contributed by atoms with Gasteiger partial charge in [-0.2, -0.15) is 0 Å². The van der Waals surface area contributed by atoms with Gasteiger partial charge in [0.2, 0.25) is 0 Å². The summed E-state index contributed by atoms with van der Waals surface area (Å²) in [5.41, 5.74) is 1.75. The van der Waals surface area contributed by atoms with Gasteiger partial charge in [-0.1, -0.05) is 35.3 Å². The molecule has 0 spiro atoms. The van der Waals surface area contributed by atoms with E-state index in [1.807, 2.05) is 6.07 Å². The van der Waals surface area contributed by atoms with Crippen LogP contribution in [-0.2, 0) is 6.54 Å². The van der Waals surface area contributed by atoms with Crippen molar-refractivity contribution in [1.82, 2.24) is 10.2 Å². The van der Waals surface area contributed by atoms with Crippen molar-refractivity contribution in [2.24, 2.45) is 0 Å². The summed E-state index contributed by atoms with van der Waals surface area (Å²) in [6.07, 6.45) is 0. The first kappa shape index (κ1) is 17.8. The lowest BCUT2D eigenvalue weighted by Gasteiger charge is -2.36. The minimum Gasteiger partial charge on any atom is -0.367 e. The van der Waals surface area contributed by atoms with Gasteiger partial charge in [0.1, 0.15) is 5.82 Å². The molecule has 2 aromatic carbocycles. The molecule has 1 saturated heterocycles. The molecule has 0 aromatic heterocycles. The number of carbonyl (C=O) groups is 1. The number of piperazine rings is 1. The van der Waals surface area contributed by atoms with Gasteiger partial charge < -0.3 is 15.1 Å². The second-order valence-electron chi connectivity index (χ2n) is 5.86. The number of anilines is 1. The molecule has 0 aliphatic carbocycles. The van der Waals surface area contributed by atoms with Crippen molar-refractivity contribution in [1.29, 1.82) is 0 Å². The summed E-state index contributed by atoms with van der Waals surface area (Å²) < 4.78 is 12.9. The number of amides is 2. The molecule has 7 heteroatoms. The molecular weight excluding hydrogens is 364 g/mol. The molecule has 3 rings (SSSR count). The van der Waals surface area contributed by atoms with E-state index in [4.69, 9.17) is 23.2 Å². The Hall–Kier alpha value is -1.98. The lowest BCUT2D eigenvalue weighted by Crippen LogP contribution is -2.51. The largest absolute Gasteiger partial charge is 0.367 e. The predicted molar refractivity (Wildman–Crippen MR) is 98.9 cm³/mol. The lowest BCUT2D eigenvalue weighted by atomic mass is 10.2. The highest BCUT2D eigenvalue weighted by molar-refractivity contribution is 6.35.